The van der Waals surface area contributed by atoms with E-state index in [9.17, 15) is 0 Å². The lowest BCUT2D eigenvalue weighted by Crippen LogP contribution is -2.43. The molecule has 2 unspecified atom stereocenters. The van der Waals surface area contributed by atoms with Crippen LogP contribution in [-0.2, 0) is 0 Å². The Balaban J connectivity index is 3.69. The molecule has 0 aliphatic rings. The fourth-order valence-electron chi connectivity index (χ4n) is 1.51. The normalized spacial score (nSPS) is 16.7. The Kier molecular flexibility index (Phi) is 7.13. The molecule has 90 valence electrons. The van der Waals surface area contributed by atoms with Crippen LogP contribution < -0.4 is 11.1 Å². The Morgan fingerprint density at radius 1 is 1.27 bits per heavy atom. The highest BCUT2D eigenvalue weighted by Gasteiger charge is 2.10. The Bertz CT molecular complexity index is 192. The van der Waals surface area contributed by atoms with Crippen LogP contribution in [0.5, 0.6) is 0 Å². The van der Waals surface area contributed by atoms with Gasteiger partial charge in [0.25, 0.3) is 0 Å². The minimum Gasteiger partial charge on any atom is -0.409 e. The van der Waals surface area contributed by atoms with Crippen molar-refractivity contribution in [3.63, 3.8) is 0 Å². The van der Waals surface area contributed by atoms with Crippen LogP contribution in [0.25, 0.3) is 0 Å². The molecule has 0 saturated carbocycles. The van der Waals surface area contributed by atoms with Crippen LogP contribution in [0.4, 0.5) is 0 Å². The highest BCUT2D eigenvalue weighted by atomic mass is 16.4. The predicted molar refractivity (Wildman–Crippen MR) is 64.2 cm³/mol. The van der Waals surface area contributed by atoms with Crippen LogP contribution in [0.3, 0.4) is 0 Å². The maximum Gasteiger partial charge on any atom is 0.156 e. The molecule has 15 heavy (non-hydrogen) atoms. The van der Waals surface area contributed by atoms with E-state index in [4.69, 9.17) is 10.9 Å². The molecule has 0 aliphatic heterocycles. The standard InChI is InChI=1S/C11H25N3O/c1-8(2)6-5-7-9(3)13-10(4)11(12)14-15/h8-10,13,15H,5-7H2,1-4H3,(H2,12,14). The van der Waals surface area contributed by atoms with Gasteiger partial charge in [-0.15, -0.1) is 0 Å². The zero-order valence-corrected chi connectivity index (χ0v) is 10.3. The van der Waals surface area contributed by atoms with E-state index in [1.54, 1.807) is 0 Å². The topological polar surface area (TPSA) is 70.6 Å². The van der Waals surface area contributed by atoms with E-state index in [-0.39, 0.29) is 11.9 Å². The first-order chi connectivity index (χ1) is 6.97. The molecule has 0 aromatic rings. The SMILES string of the molecule is CC(C)CCCC(C)NC(C)C(N)=NO. The molecule has 0 spiro atoms. The smallest absolute Gasteiger partial charge is 0.156 e. The highest BCUT2D eigenvalue weighted by molar-refractivity contribution is 5.84. The van der Waals surface area contributed by atoms with Crippen molar-refractivity contribution in [3.8, 4) is 0 Å². The molecular weight excluding hydrogens is 190 g/mol. The molecule has 0 saturated heterocycles. The first-order valence-corrected chi connectivity index (χ1v) is 5.70. The fraction of sp³-hybridized carbons (Fsp3) is 0.909. The third kappa shape index (κ3) is 7.19. The van der Waals surface area contributed by atoms with Crippen LogP contribution >= 0.6 is 0 Å². The number of amidine groups is 1. The number of nitrogens with zero attached hydrogens (tertiary/aromatic N) is 1. The van der Waals surface area contributed by atoms with Crippen LogP contribution in [-0.4, -0.2) is 23.1 Å². The third-order valence-corrected chi connectivity index (χ3v) is 2.51. The lowest BCUT2D eigenvalue weighted by atomic mass is 10.0. The van der Waals surface area contributed by atoms with Crippen LogP contribution in [0, 0.1) is 5.92 Å². The molecule has 4 heteroatoms. The van der Waals surface area contributed by atoms with Crippen molar-refractivity contribution in [1.82, 2.24) is 5.32 Å². The summed E-state index contributed by atoms with van der Waals surface area (Å²) < 4.78 is 0. The van der Waals surface area contributed by atoms with Crippen LogP contribution in [0.1, 0.15) is 47.0 Å². The largest absolute Gasteiger partial charge is 0.409 e. The molecule has 0 aliphatic carbocycles. The molecule has 4 nitrogen and oxygen atoms in total. The number of rotatable bonds is 7. The maximum absolute atomic E-state index is 8.49. The van der Waals surface area contributed by atoms with Gasteiger partial charge in [0.15, 0.2) is 5.84 Å². The number of oxime groups is 1. The van der Waals surface area contributed by atoms with Crippen LogP contribution in [0.2, 0.25) is 0 Å². The van der Waals surface area contributed by atoms with Crippen molar-refractivity contribution < 1.29 is 5.21 Å². The van der Waals surface area contributed by atoms with Crippen molar-refractivity contribution >= 4 is 5.84 Å². The molecule has 0 aromatic carbocycles. The average molecular weight is 215 g/mol. The second kappa shape index (κ2) is 7.51. The Hall–Kier alpha value is -0.770. The lowest BCUT2D eigenvalue weighted by molar-refractivity contribution is 0.314. The molecule has 0 amide bonds. The van der Waals surface area contributed by atoms with E-state index in [1.165, 1.54) is 12.8 Å². The molecule has 0 aromatic heterocycles. The van der Waals surface area contributed by atoms with Gasteiger partial charge in [0.05, 0.1) is 6.04 Å². The van der Waals surface area contributed by atoms with Crippen molar-refractivity contribution in [2.24, 2.45) is 16.8 Å². The van der Waals surface area contributed by atoms with Crippen LogP contribution in [0.15, 0.2) is 5.16 Å². The average Bonchev–Trinajstić information content (AvgIpc) is 2.15. The molecule has 0 radical (unpaired) electrons. The van der Waals surface area contributed by atoms with Crippen molar-refractivity contribution in [1.29, 1.82) is 0 Å². The van der Waals surface area contributed by atoms with E-state index in [0.29, 0.717) is 6.04 Å². The lowest BCUT2D eigenvalue weighted by Gasteiger charge is -2.19. The fourth-order valence-corrected chi connectivity index (χ4v) is 1.51. The molecule has 2 atom stereocenters. The number of nitrogens with one attached hydrogen (secondary N) is 1. The van der Waals surface area contributed by atoms with Gasteiger partial charge in [-0.25, -0.2) is 0 Å². The summed E-state index contributed by atoms with van der Waals surface area (Å²) >= 11 is 0. The first kappa shape index (κ1) is 14.2. The quantitative estimate of drug-likeness (QED) is 0.263. The Labute approximate surface area is 92.9 Å². The molecule has 0 rings (SSSR count). The number of hydrogen-bond donors (Lipinski definition) is 3. The van der Waals surface area contributed by atoms with Gasteiger partial charge in [0, 0.05) is 6.04 Å². The first-order valence-electron chi connectivity index (χ1n) is 5.70. The third-order valence-electron chi connectivity index (χ3n) is 2.51. The summed E-state index contributed by atoms with van der Waals surface area (Å²) in [5.74, 6) is 1.00. The summed E-state index contributed by atoms with van der Waals surface area (Å²) in [7, 11) is 0. The van der Waals surface area contributed by atoms with E-state index in [0.717, 1.165) is 12.3 Å². The van der Waals surface area contributed by atoms with E-state index in [1.807, 2.05) is 6.92 Å². The van der Waals surface area contributed by atoms with E-state index >= 15 is 0 Å². The van der Waals surface area contributed by atoms with Gasteiger partial charge in [-0.05, 0) is 26.2 Å². The zero-order chi connectivity index (χ0) is 11.8. The molecule has 0 heterocycles. The van der Waals surface area contributed by atoms with Gasteiger partial charge >= 0.3 is 0 Å². The maximum atomic E-state index is 8.49. The van der Waals surface area contributed by atoms with Gasteiger partial charge < -0.3 is 16.3 Å². The summed E-state index contributed by atoms with van der Waals surface area (Å²) in [6.45, 7) is 8.49. The van der Waals surface area contributed by atoms with Crippen molar-refractivity contribution in [3.05, 3.63) is 0 Å². The van der Waals surface area contributed by atoms with E-state index < -0.39 is 0 Å². The van der Waals surface area contributed by atoms with Gasteiger partial charge in [-0.1, -0.05) is 31.8 Å². The van der Waals surface area contributed by atoms with Gasteiger partial charge in [0.2, 0.25) is 0 Å². The van der Waals surface area contributed by atoms with Gasteiger partial charge in [-0.2, -0.15) is 0 Å². The molecular formula is C11H25N3O. The van der Waals surface area contributed by atoms with Gasteiger partial charge in [-0.3, -0.25) is 0 Å². The minimum absolute atomic E-state index is 0.0657. The summed E-state index contributed by atoms with van der Waals surface area (Å²) in [6, 6.07) is 0.336. The van der Waals surface area contributed by atoms with Crippen molar-refractivity contribution in [2.75, 3.05) is 0 Å². The number of hydrogen-bond acceptors (Lipinski definition) is 3. The van der Waals surface area contributed by atoms with E-state index in [2.05, 4.69) is 31.2 Å². The Morgan fingerprint density at radius 3 is 2.33 bits per heavy atom. The molecule has 0 bridgehead atoms. The molecule has 0 fully saturated rings. The predicted octanol–water partition coefficient (Wildman–Crippen LogP) is 1.93. The minimum atomic E-state index is -0.0657. The number of nitrogens with two attached hydrogens (primary N) is 1. The van der Waals surface area contributed by atoms with Gasteiger partial charge in [0.1, 0.15) is 0 Å². The monoisotopic (exact) mass is 215 g/mol. The highest BCUT2D eigenvalue weighted by Crippen LogP contribution is 2.08. The zero-order valence-electron chi connectivity index (χ0n) is 10.3. The second-order valence-corrected chi connectivity index (χ2v) is 4.64. The summed E-state index contributed by atoms with van der Waals surface area (Å²) in [5, 5.41) is 14.8. The molecule has 4 N–H and O–H groups in total. The summed E-state index contributed by atoms with van der Waals surface area (Å²) in [6.07, 6.45) is 3.60. The van der Waals surface area contributed by atoms with Crippen molar-refractivity contribution in [2.45, 2.75) is 59.0 Å². The second-order valence-electron chi connectivity index (χ2n) is 4.64. The summed E-state index contributed by atoms with van der Waals surface area (Å²) in [4.78, 5) is 0. The summed E-state index contributed by atoms with van der Waals surface area (Å²) in [5.41, 5.74) is 5.48. The Morgan fingerprint density at radius 2 is 1.87 bits per heavy atom.